The molecule has 1 fully saturated rings. The predicted octanol–water partition coefficient (Wildman–Crippen LogP) is 1.62. The van der Waals surface area contributed by atoms with Crippen LogP contribution in [0.25, 0.3) is 0 Å². The van der Waals surface area contributed by atoms with Crippen molar-refractivity contribution in [3.63, 3.8) is 0 Å². The second-order valence-electron chi connectivity index (χ2n) is 5.61. The quantitative estimate of drug-likeness (QED) is 0.251. The highest BCUT2D eigenvalue weighted by atomic mass is 16.4. The summed E-state index contributed by atoms with van der Waals surface area (Å²) in [5.74, 6) is 0.221. The molecule has 0 saturated heterocycles. The largest absolute Gasteiger partial charge is 0.409 e. The van der Waals surface area contributed by atoms with Crippen LogP contribution in [-0.4, -0.2) is 29.3 Å². The average Bonchev–Trinajstić information content (AvgIpc) is 3.24. The van der Waals surface area contributed by atoms with Crippen molar-refractivity contribution in [1.82, 2.24) is 5.32 Å². The van der Waals surface area contributed by atoms with Crippen LogP contribution in [0.4, 0.5) is 0 Å². The van der Waals surface area contributed by atoms with E-state index in [1.807, 2.05) is 30.3 Å². The van der Waals surface area contributed by atoms with Gasteiger partial charge in [0.1, 0.15) is 5.84 Å². The molecular formula is C15H23N3O2. The monoisotopic (exact) mass is 277 g/mol. The standard InChI is InChI=1S/C15H23N3O2/c16-14(18-20)10-13(12-4-2-1-3-5-12)17-11-15(6-7-15)8-9-19/h1-5,13,17,19-20H,6-11H2,(H2,16,18). The van der Waals surface area contributed by atoms with Gasteiger partial charge in [-0.1, -0.05) is 35.5 Å². The van der Waals surface area contributed by atoms with Crippen molar-refractivity contribution >= 4 is 5.84 Å². The Hall–Kier alpha value is -1.59. The molecule has 5 nitrogen and oxygen atoms in total. The molecule has 0 aromatic heterocycles. The highest BCUT2D eigenvalue weighted by Crippen LogP contribution is 2.48. The summed E-state index contributed by atoms with van der Waals surface area (Å²) >= 11 is 0. The lowest BCUT2D eigenvalue weighted by Crippen LogP contribution is -2.32. The third-order valence-electron chi connectivity index (χ3n) is 4.07. The summed E-state index contributed by atoms with van der Waals surface area (Å²) in [4.78, 5) is 0. The number of nitrogens with zero attached hydrogens (tertiary/aromatic N) is 1. The first kappa shape index (κ1) is 14.8. The van der Waals surface area contributed by atoms with E-state index in [4.69, 9.17) is 16.0 Å². The van der Waals surface area contributed by atoms with Crippen molar-refractivity contribution in [1.29, 1.82) is 0 Å². The SMILES string of the molecule is N/C(CC(NCC1(CCO)CC1)c1ccccc1)=N/O. The van der Waals surface area contributed by atoms with Gasteiger partial charge in [0.15, 0.2) is 0 Å². The minimum atomic E-state index is 0.0308. The summed E-state index contributed by atoms with van der Waals surface area (Å²) in [6.07, 6.45) is 3.62. The topological polar surface area (TPSA) is 90.9 Å². The van der Waals surface area contributed by atoms with Gasteiger partial charge in [0, 0.05) is 25.6 Å². The number of hydrogen-bond acceptors (Lipinski definition) is 4. The maximum atomic E-state index is 9.11. The molecule has 20 heavy (non-hydrogen) atoms. The van der Waals surface area contributed by atoms with Gasteiger partial charge in [-0.15, -0.1) is 0 Å². The first-order valence-corrected chi connectivity index (χ1v) is 7.05. The van der Waals surface area contributed by atoms with Crippen LogP contribution in [0.1, 0.15) is 37.3 Å². The van der Waals surface area contributed by atoms with Crippen LogP contribution < -0.4 is 11.1 Å². The van der Waals surface area contributed by atoms with Crippen LogP contribution in [0.2, 0.25) is 0 Å². The smallest absolute Gasteiger partial charge is 0.141 e. The highest BCUT2D eigenvalue weighted by Gasteiger charge is 2.41. The van der Waals surface area contributed by atoms with Crippen molar-refractivity contribution < 1.29 is 10.3 Å². The molecule has 0 heterocycles. The fourth-order valence-electron chi connectivity index (χ4n) is 2.51. The Kier molecular flexibility index (Phi) is 4.98. The van der Waals surface area contributed by atoms with Crippen LogP contribution in [0.15, 0.2) is 35.5 Å². The Morgan fingerprint density at radius 2 is 2.05 bits per heavy atom. The maximum absolute atomic E-state index is 9.11. The fourth-order valence-corrected chi connectivity index (χ4v) is 2.51. The van der Waals surface area contributed by atoms with E-state index in [0.29, 0.717) is 6.42 Å². The van der Waals surface area contributed by atoms with E-state index >= 15 is 0 Å². The molecule has 0 aliphatic heterocycles. The van der Waals surface area contributed by atoms with Gasteiger partial charge in [-0.2, -0.15) is 0 Å². The first-order chi connectivity index (χ1) is 9.69. The van der Waals surface area contributed by atoms with Crippen molar-refractivity contribution in [2.24, 2.45) is 16.3 Å². The van der Waals surface area contributed by atoms with Crippen LogP contribution in [0, 0.1) is 5.41 Å². The lowest BCUT2D eigenvalue weighted by molar-refractivity contribution is 0.242. The third kappa shape index (κ3) is 3.95. The zero-order chi connectivity index (χ0) is 14.4. The van der Waals surface area contributed by atoms with Gasteiger partial charge in [-0.25, -0.2) is 0 Å². The fraction of sp³-hybridized carbons (Fsp3) is 0.533. The van der Waals surface area contributed by atoms with Gasteiger partial charge in [0.05, 0.1) is 0 Å². The van der Waals surface area contributed by atoms with Gasteiger partial charge in [-0.3, -0.25) is 0 Å². The molecule has 1 unspecified atom stereocenters. The van der Waals surface area contributed by atoms with Crippen molar-refractivity contribution in [3.05, 3.63) is 35.9 Å². The number of aliphatic hydroxyl groups is 1. The molecule has 1 aromatic carbocycles. The number of nitrogens with one attached hydrogen (secondary N) is 1. The Labute approximate surface area is 119 Å². The van der Waals surface area contributed by atoms with Crippen LogP contribution in [0.5, 0.6) is 0 Å². The highest BCUT2D eigenvalue weighted by molar-refractivity contribution is 5.80. The normalized spacial score (nSPS) is 18.8. The predicted molar refractivity (Wildman–Crippen MR) is 78.6 cm³/mol. The van der Waals surface area contributed by atoms with Gasteiger partial charge in [-0.05, 0) is 30.2 Å². The summed E-state index contributed by atoms with van der Waals surface area (Å²) in [6, 6.07) is 10.0. The number of amidine groups is 1. The second kappa shape index (κ2) is 6.72. The molecule has 1 aliphatic rings. The van der Waals surface area contributed by atoms with Crippen LogP contribution in [-0.2, 0) is 0 Å². The molecule has 110 valence electrons. The lowest BCUT2D eigenvalue weighted by atomic mass is 9.99. The average molecular weight is 277 g/mol. The molecule has 0 radical (unpaired) electrons. The van der Waals surface area contributed by atoms with E-state index in [2.05, 4.69) is 10.5 Å². The van der Waals surface area contributed by atoms with E-state index in [1.165, 1.54) is 0 Å². The summed E-state index contributed by atoms with van der Waals surface area (Å²) in [7, 11) is 0. The summed E-state index contributed by atoms with van der Waals surface area (Å²) < 4.78 is 0. The Morgan fingerprint density at radius 3 is 2.60 bits per heavy atom. The van der Waals surface area contributed by atoms with Crippen LogP contribution in [0.3, 0.4) is 0 Å². The number of rotatable bonds is 8. The lowest BCUT2D eigenvalue weighted by Gasteiger charge is -2.22. The molecular weight excluding hydrogens is 254 g/mol. The Balaban J connectivity index is 2.00. The number of benzene rings is 1. The van der Waals surface area contributed by atoms with E-state index in [9.17, 15) is 0 Å². The third-order valence-corrected chi connectivity index (χ3v) is 4.07. The summed E-state index contributed by atoms with van der Waals surface area (Å²) in [5, 5.41) is 24.4. The molecule has 2 rings (SSSR count). The van der Waals surface area contributed by atoms with Gasteiger partial charge < -0.3 is 21.4 Å². The maximum Gasteiger partial charge on any atom is 0.141 e. The molecule has 5 heteroatoms. The number of aliphatic hydroxyl groups excluding tert-OH is 1. The van der Waals surface area contributed by atoms with Gasteiger partial charge >= 0.3 is 0 Å². The van der Waals surface area contributed by atoms with E-state index < -0.39 is 0 Å². The Bertz CT molecular complexity index is 444. The second-order valence-corrected chi connectivity index (χ2v) is 5.61. The Morgan fingerprint density at radius 1 is 1.35 bits per heavy atom. The number of nitrogens with two attached hydrogens (primary N) is 1. The van der Waals surface area contributed by atoms with Gasteiger partial charge in [0.25, 0.3) is 0 Å². The minimum absolute atomic E-state index is 0.0308. The number of hydrogen-bond donors (Lipinski definition) is 4. The molecule has 1 saturated carbocycles. The molecule has 1 atom stereocenters. The zero-order valence-corrected chi connectivity index (χ0v) is 11.6. The first-order valence-electron chi connectivity index (χ1n) is 7.05. The zero-order valence-electron chi connectivity index (χ0n) is 11.6. The van der Waals surface area contributed by atoms with Gasteiger partial charge in [0.2, 0.25) is 0 Å². The number of oxime groups is 1. The van der Waals surface area contributed by atoms with Crippen molar-refractivity contribution in [2.45, 2.75) is 31.7 Å². The van der Waals surface area contributed by atoms with E-state index in [1.54, 1.807) is 0 Å². The molecule has 1 aliphatic carbocycles. The molecule has 5 N–H and O–H groups in total. The van der Waals surface area contributed by atoms with Crippen molar-refractivity contribution in [2.75, 3.05) is 13.2 Å². The molecule has 1 aromatic rings. The minimum Gasteiger partial charge on any atom is -0.409 e. The molecule has 0 spiro atoms. The molecule has 0 bridgehead atoms. The van der Waals surface area contributed by atoms with E-state index in [-0.39, 0.29) is 23.9 Å². The van der Waals surface area contributed by atoms with Crippen LogP contribution >= 0.6 is 0 Å². The summed E-state index contributed by atoms with van der Waals surface area (Å²) in [6.45, 7) is 1.09. The molecule has 0 amide bonds. The van der Waals surface area contributed by atoms with E-state index in [0.717, 1.165) is 31.4 Å². The van der Waals surface area contributed by atoms with Crippen molar-refractivity contribution in [3.8, 4) is 0 Å². The summed E-state index contributed by atoms with van der Waals surface area (Å²) in [5.41, 5.74) is 7.01.